The molecule has 1 aromatic rings. The van der Waals surface area contributed by atoms with Gasteiger partial charge >= 0.3 is 0 Å². The van der Waals surface area contributed by atoms with Gasteiger partial charge in [-0.15, -0.1) is 0 Å². The van der Waals surface area contributed by atoms with E-state index < -0.39 is 0 Å². The van der Waals surface area contributed by atoms with Gasteiger partial charge in [0.25, 0.3) is 0 Å². The van der Waals surface area contributed by atoms with Gasteiger partial charge in [0.1, 0.15) is 5.82 Å². The van der Waals surface area contributed by atoms with Crippen LogP contribution >= 0.6 is 0 Å². The molecular weight excluding hydrogens is 241 g/mol. The van der Waals surface area contributed by atoms with Gasteiger partial charge in [-0.3, -0.25) is 0 Å². The van der Waals surface area contributed by atoms with Gasteiger partial charge in [-0.2, -0.15) is 0 Å². The molecule has 0 radical (unpaired) electrons. The average Bonchev–Trinajstić information content (AvgIpc) is 2.34. The number of hydrogen-bond donors (Lipinski definition) is 1. The maximum Gasteiger partial charge on any atom is 0.125 e. The first-order valence-electron chi connectivity index (χ1n) is 7.24. The molecule has 0 saturated heterocycles. The number of nitrogens with one attached hydrogen (secondary N) is 1. The Kier molecular flexibility index (Phi) is 5.20. The third kappa shape index (κ3) is 4.83. The van der Waals surface area contributed by atoms with Gasteiger partial charge in [-0.25, -0.2) is 4.39 Å². The fourth-order valence-electron chi connectivity index (χ4n) is 3.03. The molecule has 1 aliphatic carbocycles. The number of ether oxygens (including phenoxy) is 1. The molecule has 3 heteroatoms. The molecule has 1 aliphatic rings. The molecule has 0 amide bonds. The van der Waals surface area contributed by atoms with Crippen molar-refractivity contribution in [1.82, 2.24) is 0 Å². The first-order chi connectivity index (χ1) is 9.13. The highest BCUT2D eigenvalue weighted by Crippen LogP contribution is 2.30. The van der Waals surface area contributed by atoms with Crippen molar-refractivity contribution in [2.75, 3.05) is 18.5 Å². The van der Waals surface area contributed by atoms with Crippen LogP contribution in [-0.2, 0) is 4.74 Å². The van der Waals surface area contributed by atoms with Crippen LogP contribution < -0.4 is 5.32 Å². The molecule has 2 unspecified atom stereocenters. The van der Waals surface area contributed by atoms with E-state index in [1.807, 2.05) is 6.07 Å². The van der Waals surface area contributed by atoms with Crippen LogP contribution in [0.4, 0.5) is 10.1 Å². The Labute approximate surface area is 115 Å². The normalized spacial score (nSPS) is 27.2. The van der Waals surface area contributed by atoms with E-state index in [4.69, 9.17) is 4.74 Å². The first-order valence-corrected chi connectivity index (χ1v) is 7.24. The standard InChI is InChI=1S/C16H24FNO/c1-12-8-13(2)10-16(9-12)19-7-6-18-15-5-3-4-14(17)11-15/h3-5,11-13,16,18H,6-10H2,1-2H3. The summed E-state index contributed by atoms with van der Waals surface area (Å²) in [6, 6.07) is 6.54. The van der Waals surface area contributed by atoms with Crippen molar-refractivity contribution in [3.63, 3.8) is 0 Å². The van der Waals surface area contributed by atoms with E-state index in [1.54, 1.807) is 6.07 Å². The Morgan fingerprint density at radius 3 is 2.63 bits per heavy atom. The second-order valence-electron chi connectivity index (χ2n) is 5.85. The summed E-state index contributed by atoms with van der Waals surface area (Å²) in [5, 5.41) is 3.18. The van der Waals surface area contributed by atoms with E-state index in [9.17, 15) is 4.39 Å². The van der Waals surface area contributed by atoms with Gasteiger partial charge in [0.2, 0.25) is 0 Å². The van der Waals surface area contributed by atoms with Crippen LogP contribution in [0.5, 0.6) is 0 Å². The topological polar surface area (TPSA) is 21.3 Å². The van der Waals surface area contributed by atoms with Gasteiger partial charge in [0.15, 0.2) is 0 Å². The second-order valence-corrected chi connectivity index (χ2v) is 5.85. The maximum atomic E-state index is 13.0. The molecule has 0 spiro atoms. The average molecular weight is 265 g/mol. The van der Waals surface area contributed by atoms with Crippen molar-refractivity contribution in [2.45, 2.75) is 39.2 Å². The van der Waals surface area contributed by atoms with E-state index in [0.717, 1.165) is 24.1 Å². The molecule has 1 N–H and O–H groups in total. The number of halogens is 1. The van der Waals surface area contributed by atoms with Gasteiger partial charge < -0.3 is 10.1 Å². The van der Waals surface area contributed by atoms with E-state index in [0.29, 0.717) is 12.7 Å². The van der Waals surface area contributed by atoms with Crippen molar-refractivity contribution >= 4 is 5.69 Å². The second kappa shape index (κ2) is 6.90. The largest absolute Gasteiger partial charge is 0.383 e. The van der Waals surface area contributed by atoms with Gasteiger partial charge in [0.05, 0.1) is 12.7 Å². The van der Waals surface area contributed by atoms with Crippen molar-refractivity contribution in [3.8, 4) is 0 Å². The molecular formula is C16H24FNO. The Bertz CT molecular complexity index is 386. The van der Waals surface area contributed by atoms with Crippen molar-refractivity contribution in [1.29, 1.82) is 0 Å². The monoisotopic (exact) mass is 265 g/mol. The Morgan fingerprint density at radius 1 is 1.21 bits per heavy atom. The molecule has 106 valence electrons. The lowest BCUT2D eigenvalue weighted by molar-refractivity contribution is 0.00618. The summed E-state index contributed by atoms with van der Waals surface area (Å²) < 4.78 is 18.9. The minimum Gasteiger partial charge on any atom is -0.383 e. The highest BCUT2D eigenvalue weighted by atomic mass is 19.1. The molecule has 2 nitrogen and oxygen atoms in total. The molecule has 19 heavy (non-hydrogen) atoms. The van der Waals surface area contributed by atoms with E-state index in [2.05, 4.69) is 19.2 Å². The van der Waals surface area contributed by atoms with Crippen molar-refractivity contribution in [3.05, 3.63) is 30.1 Å². The molecule has 0 aromatic heterocycles. The highest BCUT2D eigenvalue weighted by Gasteiger charge is 2.24. The maximum absolute atomic E-state index is 13.0. The molecule has 0 bridgehead atoms. The van der Waals surface area contributed by atoms with Crippen LogP contribution in [0, 0.1) is 17.7 Å². The Hall–Kier alpha value is -1.09. The third-order valence-corrected chi connectivity index (χ3v) is 3.74. The van der Waals surface area contributed by atoms with Gasteiger partial charge in [-0.05, 0) is 49.3 Å². The van der Waals surface area contributed by atoms with Gasteiger partial charge in [-0.1, -0.05) is 19.9 Å². The molecule has 0 heterocycles. The Morgan fingerprint density at radius 2 is 1.95 bits per heavy atom. The molecule has 1 fully saturated rings. The number of anilines is 1. The molecule has 2 atom stereocenters. The molecule has 1 aromatic carbocycles. The number of hydrogen-bond acceptors (Lipinski definition) is 2. The summed E-state index contributed by atoms with van der Waals surface area (Å²) in [7, 11) is 0. The van der Waals surface area contributed by atoms with Gasteiger partial charge in [0, 0.05) is 12.2 Å². The lowest BCUT2D eigenvalue weighted by Crippen LogP contribution is -2.27. The van der Waals surface area contributed by atoms with Crippen LogP contribution in [-0.4, -0.2) is 19.3 Å². The summed E-state index contributed by atoms with van der Waals surface area (Å²) in [4.78, 5) is 0. The zero-order valence-electron chi connectivity index (χ0n) is 11.9. The summed E-state index contributed by atoms with van der Waals surface area (Å²) in [5.74, 6) is 1.33. The minimum absolute atomic E-state index is 0.208. The van der Waals surface area contributed by atoms with Crippen LogP contribution in [0.15, 0.2) is 24.3 Å². The Balaban J connectivity index is 1.66. The number of benzene rings is 1. The lowest BCUT2D eigenvalue weighted by Gasteiger charge is -2.31. The SMILES string of the molecule is CC1CC(C)CC(OCCNc2cccc(F)c2)C1. The smallest absolute Gasteiger partial charge is 0.125 e. The van der Waals surface area contributed by atoms with Crippen LogP contribution in [0.1, 0.15) is 33.1 Å². The van der Waals surface area contributed by atoms with Crippen molar-refractivity contribution < 1.29 is 9.13 Å². The zero-order valence-corrected chi connectivity index (χ0v) is 11.9. The molecule has 0 aliphatic heterocycles. The number of rotatable bonds is 5. The zero-order chi connectivity index (χ0) is 13.7. The predicted octanol–water partition coefficient (Wildman–Crippen LogP) is 4.08. The first kappa shape index (κ1) is 14.3. The fourth-order valence-corrected chi connectivity index (χ4v) is 3.03. The minimum atomic E-state index is -0.208. The molecule has 2 rings (SSSR count). The van der Waals surface area contributed by atoms with E-state index >= 15 is 0 Å². The lowest BCUT2D eigenvalue weighted by atomic mass is 9.82. The summed E-state index contributed by atoms with van der Waals surface area (Å²) in [5.41, 5.74) is 0.814. The summed E-state index contributed by atoms with van der Waals surface area (Å²) in [6.07, 6.45) is 4.06. The van der Waals surface area contributed by atoms with Crippen molar-refractivity contribution in [2.24, 2.45) is 11.8 Å². The van der Waals surface area contributed by atoms with Crippen LogP contribution in [0.3, 0.4) is 0 Å². The quantitative estimate of drug-likeness (QED) is 0.810. The summed E-state index contributed by atoms with van der Waals surface area (Å²) >= 11 is 0. The summed E-state index contributed by atoms with van der Waals surface area (Å²) in [6.45, 7) is 6.01. The van der Waals surface area contributed by atoms with Crippen LogP contribution in [0.2, 0.25) is 0 Å². The predicted molar refractivity (Wildman–Crippen MR) is 76.8 cm³/mol. The third-order valence-electron chi connectivity index (χ3n) is 3.74. The van der Waals surface area contributed by atoms with E-state index in [1.165, 1.54) is 31.4 Å². The highest BCUT2D eigenvalue weighted by molar-refractivity contribution is 5.42. The van der Waals surface area contributed by atoms with E-state index in [-0.39, 0.29) is 5.82 Å². The van der Waals surface area contributed by atoms with Crippen LogP contribution in [0.25, 0.3) is 0 Å². The fraction of sp³-hybridized carbons (Fsp3) is 0.625. The molecule has 1 saturated carbocycles.